The minimum atomic E-state index is -0.862. The van der Waals surface area contributed by atoms with Crippen LogP contribution in [0.5, 0.6) is 5.75 Å². The maximum absolute atomic E-state index is 12.7. The predicted octanol–water partition coefficient (Wildman–Crippen LogP) is 3.74. The van der Waals surface area contributed by atoms with E-state index in [1.54, 1.807) is 11.8 Å². The third-order valence-electron chi connectivity index (χ3n) is 4.89. The number of fused-ring (bicyclic) bond motifs is 2. The second-order valence-corrected chi connectivity index (χ2v) is 6.80. The number of carbonyl (C=O) groups excluding carboxylic acids is 2. The molecular formula is C23H21NO4. The largest absolute Gasteiger partial charge is 0.482 e. The summed E-state index contributed by atoms with van der Waals surface area (Å²) in [5.74, 6) is -0.200. The lowest BCUT2D eigenvalue weighted by molar-refractivity contribution is -0.155. The van der Waals surface area contributed by atoms with Crippen LogP contribution in [0.4, 0.5) is 5.69 Å². The van der Waals surface area contributed by atoms with Gasteiger partial charge < -0.3 is 14.4 Å². The molecule has 0 saturated carbocycles. The van der Waals surface area contributed by atoms with Crippen molar-refractivity contribution in [1.82, 2.24) is 0 Å². The molecule has 3 aromatic carbocycles. The molecule has 0 N–H and O–H groups in total. The average molecular weight is 375 g/mol. The van der Waals surface area contributed by atoms with Crippen molar-refractivity contribution in [2.75, 3.05) is 18.1 Å². The van der Waals surface area contributed by atoms with E-state index in [1.165, 1.54) is 0 Å². The molecule has 0 saturated heterocycles. The van der Waals surface area contributed by atoms with Gasteiger partial charge in [0.05, 0.1) is 0 Å². The summed E-state index contributed by atoms with van der Waals surface area (Å²) in [6, 6.07) is 21.3. The Morgan fingerprint density at radius 2 is 1.75 bits per heavy atom. The molecule has 0 fully saturated rings. The van der Waals surface area contributed by atoms with Gasteiger partial charge in [-0.2, -0.15) is 0 Å². The van der Waals surface area contributed by atoms with Crippen LogP contribution in [-0.4, -0.2) is 31.1 Å². The predicted molar refractivity (Wildman–Crippen MR) is 107 cm³/mol. The molecule has 1 aliphatic heterocycles. The Labute approximate surface area is 163 Å². The highest BCUT2D eigenvalue weighted by atomic mass is 16.6. The van der Waals surface area contributed by atoms with Crippen molar-refractivity contribution in [1.29, 1.82) is 0 Å². The third kappa shape index (κ3) is 3.69. The Hall–Kier alpha value is -3.34. The lowest BCUT2D eigenvalue weighted by Gasteiger charge is -2.21. The summed E-state index contributed by atoms with van der Waals surface area (Å²) in [6.07, 6.45) is -0.0490. The number of amides is 1. The van der Waals surface area contributed by atoms with E-state index in [2.05, 4.69) is 0 Å². The molecule has 5 heteroatoms. The minimum Gasteiger partial charge on any atom is -0.482 e. The summed E-state index contributed by atoms with van der Waals surface area (Å²) >= 11 is 0. The molecule has 1 atom stereocenters. The molecule has 28 heavy (non-hydrogen) atoms. The molecule has 142 valence electrons. The topological polar surface area (TPSA) is 55.8 Å². The molecule has 5 nitrogen and oxygen atoms in total. The van der Waals surface area contributed by atoms with Gasteiger partial charge in [-0.05, 0) is 47.9 Å². The van der Waals surface area contributed by atoms with Crippen molar-refractivity contribution in [3.8, 4) is 5.75 Å². The summed E-state index contributed by atoms with van der Waals surface area (Å²) in [6.45, 7) is 1.96. The Bertz CT molecular complexity index is 1030. The lowest BCUT2D eigenvalue weighted by Crippen LogP contribution is -2.39. The average Bonchev–Trinajstić information content (AvgIpc) is 3.15. The van der Waals surface area contributed by atoms with E-state index in [9.17, 15) is 9.59 Å². The second-order valence-electron chi connectivity index (χ2n) is 6.80. The van der Waals surface area contributed by atoms with Crippen molar-refractivity contribution in [3.05, 3.63) is 72.3 Å². The van der Waals surface area contributed by atoms with Gasteiger partial charge in [0.15, 0.2) is 12.7 Å². The van der Waals surface area contributed by atoms with Gasteiger partial charge >= 0.3 is 5.97 Å². The highest BCUT2D eigenvalue weighted by Crippen LogP contribution is 2.28. The zero-order valence-corrected chi connectivity index (χ0v) is 15.6. The summed E-state index contributed by atoms with van der Waals surface area (Å²) < 4.78 is 10.8. The fourth-order valence-electron chi connectivity index (χ4n) is 3.47. The van der Waals surface area contributed by atoms with E-state index >= 15 is 0 Å². The van der Waals surface area contributed by atoms with Gasteiger partial charge in [0.1, 0.15) is 5.75 Å². The molecule has 0 bridgehead atoms. The first-order chi connectivity index (χ1) is 13.6. The number of carbonyl (C=O) groups is 2. The number of hydrogen-bond acceptors (Lipinski definition) is 4. The molecule has 0 aromatic heterocycles. The summed E-state index contributed by atoms with van der Waals surface area (Å²) in [5, 5.41) is 2.13. The molecular weight excluding hydrogens is 354 g/mol. The Morgan fingerprint density at radius 1 is 1.00 bits per heavy atom. The van der Waals surface area contributed by atoms with Crippen molar-refractivity contribution in [3.63, 3.8) is 0 Å². The monoisotopic (exact) mass is 375 g/mol. The second kappa shape index (κ2) is 7.72. The molecule has 1 amide bonds. The fourth-order valence-corrected chi connectivity index (χ4v) is 3.47. The molecule has 3 aromatic rings. The molecule has 0 radical (unpaired) electrons. The number of esters is 1. The number of nitrogens with zero attached hydrogens (tertiary/aromatic N) is 1. The molecule has 0 unspecified atom stereocenters. The minimum absolute atomic E-state index is 0.219. The zero-order chi connectivity index (χ0) is 19.5. The number of anilines is 1. The molecule has 1 heterocycles. The summed E-state index contributed by atoms with van der Waals surface area (Å²) in [5.41, 5.74) is 2.02. The van der Waals surface area contributed by atoms with Crippen LogP contribution in [0.2, 0.25) is 0 Å². The van der Waals surface area contributed by atoms with Crippen LogP contribution in [-0.2, 0) is 20.7 Å². The maximum atomic E-state index is 12.7. The first kappa shape index (κ1) is 18.0. The van der Waals surface area contributed by atoms with Gasteiger partial charge in [0, 0.05) is 12.2 Å². The molecule has 0 aliphatic carbocycles. The highest BCUT2D eigenvalue weighted by Gasteiger charge is 2.29. The Balaban J connectivity index is 1.33. The maximum Gasteiger partial charge on any atom is 0.344 e. The molecule has 1 aliphatic rings. The summed E-state index contributed by atoms with van der Waals surface area (Å²) in [4.78, 5) is 26.5. The van der Waals surface area contributed by atoms with Crippen LogP contribution in [0, 0.1) is 0 Å². The van der Waals surface area contributed by atoms with Gasteiger partial charge in [0.25, 0.3) is 5.91 Å². The number of hydrogen-bond donors (Lipinski definition) is 0. The van der Waals surface area contributed by atoms with E-state index in [-0.39, 0.29) is 12.5 Å². The van der Waals surface area contributed by atoms with Gasteiger partial charge in [0.2, 0.25) is 0 Å². The van der Waals surface area contributed by atoms with E-state index < -0.39 is 12.1 Å². The van der Waals surface area contributed by atoms with Crippen molar-refractivity contribution < 1.29 is 19.1 Å². The normalized spacial score (nSPS) is 13.8. The van der Waals surface area contributed by atoms with Crippen molar-refractivity contribution in [2.24, 2.45) is 0 Å². The van der Waals surface area contributed by atoms with E-state index in [4.69, 9.17) is 9.47 Å². The van der Waals surface area contributed by atoms with E-state index in [0.717, 1.165) is 28.4 Å². The van der Waals surface area contributed by atoms with Crippen LogP contribution >= 0.6 is 0 Å². The number of benzene rings is 3. The van der Waals surface area contributed by atoms with Gasteiger partial charge in [-0.25, -0.2) is 4.79 Å². The smallest absolute Gasteiger partial charge is 0.344 e. The van der Waals surface area contributed by atoms with Crippen LogP contribution in [0.1, 0.15) is 12.5 Å². The number of rotatable bonds is 5. The van der Waals surface area contributed by atoms with Crippen LogP contribution in [0.3, 0.4) is 0 Å². The number of para-hydroxylation sites is 1. The van der Waals surface area contributed by atoms with Crippen molar-refractivity contribution in [2.45, 2.75) is 19.4 Å². The van der Waals surface area contributed by atoms with Crippen LogP contribution in [0.25, 0.3) is 10.8 Å². The standard InChI is InChI=1S/C23H21NO4/c1-16(23(26)24-13-12-18-7-4-5-9-21(18)24)28-22(25)15-27-20-11-10-17-6-2-3-8-19(17)14-20/h2-11,14,16H,12-13,15H2,1H3/t16-/m0/s1. The summed E-state index contributed by atoms with van der Waals surface area (Å²) in [7, 11) is 0. The van der Waals surface area contributed by atoms with Crippen LogP contribution in [0.15, 0.2) is 66.7 Å². The van der Waals surface area contributed by atoms with E-state index in [0.29, 0.717) is 12.3 Å². The molecule has 4 rings (SSSR count). The zero-order valence-electron chi connectivity index (χ0n) is 15.6. The first-order valence-corrected chi connectivity index (χ1v) is 9.32. The third-order valence-corrected chi connectivity index (χ3v) is 4.89. The Kier molecular flexibility index (Phi) is 4.98. The van der Waals surface area contributed by atoms with E-state index in [1.807, 2.05) is 66.7 Å². The van der Waals surface area contributed by atoms with Gasteiger partial charge in [-0.15, -0.1) is 0 Å². The van der Waals surface area contributed by atoms with Crippen LogP contribution < -0.4 is 9.64 Å². The Morgan fingerprint density at radius 3 is 2.61 bits per heavy atom. The van der Waals surface area contributed by atoms with Gasteiger partial charge in [-0.3, -0.25) is 4.79 Å². The first-order valence-electron chi connectivity index (χ1n) is 9.32. The SMILES string of the molecule is C[C@H](OC(=O)COc1ccc2ccccc2c1)C(=O)N1CCc2ccccc21. The quantitative estimate of drug-likeness (QED) is 0.638. The molecule has 0 spiro atoms. The lowest BCUT2D eigenvalue weighted by atomic mass is 10.1. The highest BCUT2D eigenvalue weighted by molar-refractivity contribution is 5.99. The van der Waals surface area contributed by atoms with Gasteiger partial charge in [-0.1, -0.05) is 48.5 Å². The van der Waals surface area contributed by atoms with Crippen molar-refractivity contribution >= 4 is 28.3 Å². The number of ether oxygens (including phenoxy) is 2. The fraction of sp³-hybridized carbons (Fsp3) is 0.217.